The normalized spacial score (nSPS) is 18.0. The third-order valence-corrected chi connectivity index (χ3v) is 4.36. The molecule has 2 aromatic rings. The molecule has 3 rings (SSSR count). The van der Waals surface area contributed by atoms with Gasteiger partial charge >= 0.3 is 0 Å². The molecule has 1 fully saturated rings. The molecule has 0 aromatic heterocycles. The van der Waals surface area contributed by atoms with Crippen molar-refractivity contribution in [1.82, 2.24) is 4.90 Å². The molecule has 1 saturated heterocycles. The molecule has 1 heterocycles. The number of carbonyl (C=O) groups is 1. The Bertz CT molecular complexity index is 637. The van der Waals surface area contributed by atoms with Crippen molar-refractivity contribution in [2.45, 2.75) is 18.9 Å². The lowest BCUT2D eigenvalue weighted by atomic mass is 10.0. The van der Waals surface area contributed by atoms with Crippen LogP contribution in [-0.2, 0) is 0 Å². The van der Waals surface area contributed by atoms with E-state index in [9.17, 15) is 4.79 Å². The molecular weight excluding hydrogens is 305 g/mol. The minimum absolute atomic E-state index is 0.0594. The summed E-state index contributed by atoms with van der Waals surface area (Å²) in [4.78, 5) is 14.6. The molecule has 0 saturated carbocycles. The van der Waals surface area contributed by atoms with Crippen molar-refractivity contribution < 1.29 is 4.79 Å². The fraction of sp³-hybridized carbons (Fsp3) is 0.235. The van der Waals surface area contributed by atoms with Gasteiger partial charge < -0.3 is 4.90 Å². The minimum Gasteiger partial charge on any atom is -0.332 e. The quantitative estimate of drug-likeness (QED) is 0.765. The van der Waals surface area contributed by atoms with Crippen LogP contribution in [-0.4, -0.2) is 17.4 Å². The first-order valence-electron chi connectivity index (χ1n) is 6.97. The Morgan fingerprint density at radius 3 is 2.14 bits per heavy atom. The Labute approximate surface area is 134 Å². The van der Waals surface area contributed by atoms with E-state index in [0.29, 0.717) is 15.6 Å². The van der Waals surface area contributed by atoms with Crippen LogP contribution in [0, 0.1) is 0 Å². The number of halogens is 2. The summed E-state index contributed by atoms with van der Waals surface area (Å²) in [6.07, 6.45) is 2.01. The number of hydrogen-bond acceptors (Lipinski definition) is 1. The highest BCUT2D eigenvalue weighted by Crippen LogP contribution is 2.33. The zero-order valence-electron chi connectivity index (χ0n) is 11.4. The monoisotopic (exact) mass is 319 g/mol. The van der Waals surface area contributed by atoms with E-state index in [1.807, 2.05) is 29.2 Å². The molecular formula is C17H15Cl2NO. The van der Waals surface area contributed by atoms with Gasteiger partial charge in [0.2, 0.25) is 0 Å². The first-order valence-corrected chi connectivity index (χ1v) is 7.73. The van der Waals surface area contributed by atoms with E-state index < -0.39 is 0 Å². The highest BCUT2D eigenvalue weighted by Gasteiger charge is 2.30. The lowest BCUT2D eigenvalue weighted by Crippen LogP contribution is -2.30. The van der Waals surface area contributed by atoms with Crippen molar-refractivity contribution in [2.75, 3.05) is 6.54 Å². The van der Waals surface area contributed by atoms with E-state index in [0.717, 1.165) is 24.9 Å². The third-order valence-electron chi connectivity index (χ3n) is 3.86. The second-order valence-corrected chi connectivity index (χ2v) is 6.09. The smallest absolute Gasteiger partial charge is 0.254 e. The molecule has 4 heteroatoms. The molecule has 2 nitrogen and oxygen atoms in total. The number of amides is 1. The van der Waals surface area contributed by atoms with Gasteiger partial charge in [-0.05, 0) is 54.8 Å². The molecule has 1 aliphatic rings. The summed E-state index contributed by atoms with van der Waals surface area (Å²) in [5, 5.41) is 1.36. The van der Waals surface area contributed by atoms with Crippen molar-refractivity contribution >= 4 is 29.1 Å². The Morgan fingerprint density at radius 2 is 1.52 bits per heavy atom. The predicted octanol–water partition coefficient (Wildman–Crippen LogP) is 4.97. The zero-order valence-corrected chi connectivity index (χ0v) is 12.9. The summed E-state index contributed by atoms with van der Waals surface area (Å²) in [7, 11) is 0. The van der Waals surface area contributed by atoms with Crippen LogP contribution in [0.3, 0.4) is 0 Å². The number of carbonyl (C=O) groups excluding carboxylic acids is 1. The summed E-state index contributed by atoms with van der Waals surface area (Å²) in [6, 6.07) is 14.9. The topological polar surface area (TPSA) is 20.3 Å². The minimum atomic E-state index is 0.0594. The number of benzene rings is 2. The van der Waals surface area contributed by atoms with Gasteiger partial charge in [-0.3, -0.25) is 4.79 Å². The van der Waals surface area contributed by atoms with Gasteiger partial charge in [-0.25, -0.2) is 0 Å². The zero-order chi connectivity index (χ0) is 14.8. The van der Waals surface area contributed by atoms with Crippen molar-refractivity contribution in [3.8, 4) is 0 Å². The molecule has 1 unspecified atom stereocenters. The van der Waals surface area contributed by atoms with Gasteiger partial charge in [-0.1, -0.05) is 35.3 Å². The summed E-state index contributed by atoms with van der Waals surface area (Å²) in [5.41, 5.74) is 1.82. The molecule has 0 aliphatic carbocycles. The van der Waals surface area contributed by atoms with Gasteiger partial charge in [0.1, 0.15) is 0 Å². The van der Waals surface area contributed by atoms with Gasteiger partial charge in [-0.15, -0.1) is 0 Å². The average Bonchev–Trinajstić information content (AvgIpc) is 2.97. The molecule has 1 aliphatic heterocycles. The molecule has 2 aromatic carbocycles. The number of rotatable bonds is 2. The van der Waals surface area contributed by atoms with Crippen LogP contribution in [0.1, 0.15) is 34.8 Å². The lowest BCUT2D eigenvalue weighted by molar-refractivity contribution is 0.0735. The fourth-order valence-corrected chi connectivity index (χ4v) is 3.05. The van der Waals surface area contributed by atoms with E-state index >= 15 is 0 Å². The largest absolute Gasteiger partial charge is 0.332 e. The van der Waals surface area contributed by atoms with E-state index in [-0.39, 0.29) is 11.9 Å². The summed E-state index contributed by atoms with van der Waals surface area (Å²) in [6.45, 7) is 0.786. The Morgan fingerprint density at radius 1 is 0.952 bits per heavy atom. The lowest BCUT2D eigenvalue weighted by Gasteiger charge is -2.25. The second-order valence-electron chi connectivity index (χ2n) is 5.22. The standard InChI is InChI=1S/C17H15Cl2NO/c18-14-7-3-12(4-8-14)16-2-1-11-20(16)17(21)13-5-9-15(19)10-6-13/h3-10,16H,1-2,11H2. The van der Waals surface area contributed by atoms with Crippen LogP contribution < -0.4 is 0 Å². The number of nitrogens with zero attached hydrogens (tertiary/aromatic N) is 1. The van der Waals surface area contributed by atoms with Crippen LogP contribution in [0.15, 0.2) is 48.5 Å². The molecule has 0 spiro atoms. The van der Waals surface area contributed by atoms with Crippen molar-refractivity contribution in [3.63, 3.8) is 0 Å². The third kappa shape index (κ3) is 3.07. The predicted molar refractivity (Wildman–Crippen MR) is 85.9 cm³/mol. The fourth-order valence-electron chi connectivity index (χ4n) is 2.80. The molecule has 21 heavy (non-hydrogen) atoms. The van der Waals surface area contributed by atoms with Crippen LogP contribution >= 0.6 is 23.2 Å². The first-order chi connectivity index (χ1) is 10.1. The van der Waals surface area contributed by atoms with Crippen LogP contribution in [0.4, 0.5) is 0 Å². The van der Waals surface area contributed by atoms with Gasteiger partial charge in [0, 0.05) is 22.2 Å². The summed E-state index contributed by atoms with van der Waals surface area (Å²) >= 11 is 11.8. The molecule has 1 atom stereocenters. The van der Waals surface area contributed by atoms with E-state index in [1.165, 1.54) is 0 Å². The molecule has 0 bridgehead atoms. The summed E-state index contributed by atoms with van der Waals surface area (Å²) < 4.78 is 0. The van der Waals surface area contributed by atoms with E-state index in [4.69, 9.17) is 23.2 Å². The maximum Gasteiger partial charge on any atom is 0.254 e. The van der Waals surface area contributed by atoms with Gasteiger partial charge in [0.05, 0.1) is 6.04 Å². The maximum atomic E-state index is 12.7. The second kappa shape index (κ2) is 6.08. The van der Waals surface area contributed by atoms with E-state index in [1.54, 1.807) is 24.3 Å². The molecule has 1 amide bonds. The SMILES string of the molecule is O=C(c1ccc(Cl)cc1)N1CCCC1c1ccc(Cl)cc1. The summed E-state index contributed by atoms with van der Waals surface area (Å²) in [5.74, 6) is 0.0594. The Hall–Kier alpha value is -1.51. The van der Waals surface area contributed by atoms with Crippen molar-refractivity contribution in [2.24, 2.45) is 0 Å². The molecule has 0 radical (unpaired) electrons. The van der Waals surface area contributed by atoms with Crippen LogP contribution in [0.2, 0.25) is 10.0 Å². The van der Waals surface area contributed by atoms with E-state index in [2.05, 4.69) is 0 Å². The Kier molecular flexibility index (Phi) is 4.18. The average molecular weight is 320 g/mol. The number of hydrogen-bond donors (Lipinski definition) is 0. The molecule has 108 valence electrons. The maximum absolute atomic E-state index is 12.7. The van der Waals surface area contributed by atoms with Gasteiger partial charge in [0.25, 0.3) is 5.91 Å². The highest BCUT2D eigenvalue weighted by atomic mass is 35.5. The van der Waals surface area contributed by atoms with Crippen molar-refractivity contribution in [1.29, 1.82) is 0 Å². The van der Waals surface area contributed by atoms with Gasteiger partial charge in [-0.2, -0.15) is 0 Å². The highest BCUT2D eigenvalue weighted by molar-refractivity contribution is 6.30. The molecule has 0 N–H and O–H groups in total. The van der Waals surface area contributed by atoms with Crippen LogP contribution in [0.5, 0.6) is 0 Å². The first kappa shape index (κ1) is 14.4. The van der Waals surface area contributed by atoms with Gasteiger partial charge in [0.15, 0.2) is 0 Å². The van der Waals surface area contributed by atoms with Crippen molar-refractivity contribution in [3.05, 3.63) is 69.7 Å². The Balaban J connectivity index is 1.85. The van der Waals surface area contributed by atoms with Crippen LogP contribution in [0.25, 0.3) is 0 Å². The number of likely N-dealkylation sites (tertiary alicyclic amines) is 1.